The molecule has 1 aromatic rings. The fourth-order valence-corrected chi connectivity index (χ4v) is 3.44. The molecule has 26 heavy (non-hydrogen) atoms. The lowest BCUT2D eigenvalue weighted by atomic mass is 9.73. The molecule has 3 N–H and O–H groups in total. The van der Waals surface area contributed by atoms with E-state index in [0.717, 1.165) is 16.7 Å². The summed E-state index contributed by atoms with van der Waals surface area (Å²) in [6, 6.07) is 3.93. The van der Waals surface area contributed by atoms with Gasteiger partial charge >= 0.3 is 11.9 Å². The maximum absolute atomic E-state index is 11.0. The standard InChI is InChI=1S/C21H32O5/c1-14-12-15(20(2,3)10-6-8-17(22)23)19(26)16(13-14)21(4,5)11-7-9-18(24)25/h12-13,26H,6-11H2,1-5H3,(H,22,23)(H,24,25). The van der Waals surface area contributed by atoms with Crippen molar-refractivity contribution in [2.75, 3.05) is 0 Å². The van der Waals surface area contributed by atoms with Gasteiger partial charge in [0.2, 0.25) is 0 Å². The van der Waals surface area contributed by atoms with Gasteiger partial charge in [0.15, 0.2) is 0 Å². The molecule has 0 unspecified atom stereocenters. The Balaban J connectivity index is 3.13. The number of hydrogen-bond acceptors (Lipinski definition) is 3. The Morgan fingerprint density at radius 2 is 1.19 bits per heavy atom. The van der Waals surface area contributed by atoms with Crippen molar-refractivity contribution in [3.8, 4) is 5.75 Å². The van der Waals surface area contributed by atoms with Gasteiger partial charge in [-0.2, -0.15) is 0 Å². The monoisotopic (exact) mass is 364 g/mol. The highest BCUT2D eigenvalue weighted by Gasteiger charge is 2.30. The number of rotatable bonds is 10. The SMILES string of the molecule is Cc1cc(C(C)(C)CCCC(=O)O)c(O)c(C(C)(C)CCCC(=O)O)c1. The lowest BCUT2D eigenvalue weighted by Crippen LogP contribution is -2.22. The Hall–Kier alpha value is -2.04. The Morgan fingerprint density at radius 1 is 0.846 bits per heavy atom. The van der Waals surface area contributed by atoms with E-state index in [1.165, 1.54) is 0 Å². The summed E-state index contributed by atoms with van der Waals surface area (Å²) in [4.78, 5) is 21.6. The number of carboxylic acid groups (broad SMARTS) is 2. The Bertz CT molecular complexity index is 605. The molecule has 0 saturated carbocycles. The zero-order valence-electron chi connectivity index (χ0n) is 16.6. The number of phenolic OH excluding ortho intramolecular Hbond substituents is 1. The van der Waals surface area contributed by atoms with Gasteiger partial charge in [-0.05, 0) is 43.4 Å². The zero-order valence-corrected chi connectivity index (χ0v) is 16.6. The molecule has 0 spiro atoms. The summed E-state index contributed by atoms with van der Waals surface area (Å²) in [5.74, 6) is -1.37. The van der Waals surface area contributed by atoms with E-state index < -0.39 is 11.9 Å². The van der Waals surface area contributed by atoms with Crippen LogP contribution in [0.15, 0.2) is 12.1 Å². The highest BCUT2D eigenvalue weighted by molar-refractivity contribution is 5.67. The first kappa shape index (κ1) is 22.0. The van der Waals surface area contributed by atoms with Crippen LogP contribution in [-0.2, 0) is 20.4 Å². The van der Waals surface area contributed by atoms with Gasteiger partial charge in [-0.1, -0.05) is 45.4 Å². The third-order valence-corrected chi connectivity index (χ3v) is 5.10. The summed E-state index contributed by atoms with van der Waals surface area (Å²) in [7, 11) is 0. The molecule has 146 valence electrons. The summed E-state index contributed by atoms with van der Waals surface area (Å²) < 4.78 is 0. The van der Waals surface area contributed by atoms with Crippen LogP contribution in [-0.4, -0.2) is 27.3 Å². The molecule has 1 rings (SSSR count). The second-order valence-electron chi connectivity index (χ2n) is 8.47. The molecule has 0 bridgehead atoms. The first-order valence-corrected chi connectivity index (χ1v) is 9.15. The fraction of sp³-hybridized carbons (Fsp3) is 0.619. The maximum atomic E-state index is 11.0. The van der Waals surface area contributed by atoms with E-state index >= 15 is 0 Å². The van der Waals surface area contributed by atoms with E-state index in [4.69, 9.17) is 10.2 Å². The number of aliphatic carboxylic acids is 2. The van der Waals surface area contributed by atoms with Crippen LogP contribution in [0.2, 0.25) is 0 Å². The minimum absolute atomic E-state index is 0.115. The molecule has 5 nitrogen and oxygen atoms in total. The summed E-state index contributed by atoms with van der Waals surface area (Å²) in [6.45, 7) is 10.1. The largest absolute Gasteiger partial charge is 0.507 e. The van der Waals surface area contributed by atoms with Crippen molar-refractivity contribution in [2.45, 2.75) is 84.0 Å². The smallest absolute Gasteiger partial charge is 0.303 e. The lowest BCUT2D eigenvalue weighted by molar-refractivity contribution is -0.138. The average Bonchev–Trinajstić information content (AvgIpc) is 2.47. The van der Waals surface area contributed by atoms with E-state index in [2.05, 4.69) is 0 Å². The third-order valence-electron chi connectivity index (χ3n) is 5.10. The second kappa shape index (κ2) is 8.56. The van der Waals surface area contributed by atoms with E-state index in [1.54, 1.807) is 0 Å². The first-order chi connectivity index (χ1) is 11.9. The quantitative estimate of drug-likeness (QED) is 0.556. The van der Waals surface area contributed by atoms with Crippen LogP contribution in [0.5, 0.6) is 5.75 Å². The van der Waals surface area contributed by atoms with E-state index in [-0.39, 0.29) is 29.4 Å². The number of carbonyl (C=O) groups is 2. The van der Waals surface area contributed by atoms with E-state index in [1.807, 2.05) is 46.8 Å². The molecule has 0 saturated heterocycles. The van der Waals surface area contributed by atoms with Gasteiger partial charge in [0.05, 0.1) is 0 Å². The molecular formula is C21H32O5. The number of aryl methyl sites for hydroxylation is 1. The van der Waals surface area contributed by atoms with Crippen molar-refractivity contribution in [1.29, 1.82) is 0 Å². The van der Waals surface area contributed by atoms with Gasteiger partial charge in [-0.15, -0.1) is 0 Å². The van der Waals surface area contributed by atoms with Crippen LogP contribution in [0.4, 0.5) is 0 Å². The van der Waals surface area contributed by atoms with Crippen molar-refractivity contribution < 1.29 is 24.9 Å². The Morgan fingerprint density at radius 3 is 1.50 bits per heavy atom. The van der Waals surface area contributed by atoms with Crippen molar-refractivity contribution >= 4 is 11.9 Å². The maximum Gasteiger partial charge on any atom is 0.303 e. The number of benzene rings is 1. The van der Waals surface area contributed by atoms with Crippen LogP contribution in [0.25, 0.3) is 0 Å². The molecule has 0 amide bonds. The molecule has 0 fully saturated rings. The van der Waals surface area contributed by atoms with Gasteiger partial charge in [-0.25, -0.2) is 0 Å². The molecule has 5 heteroatoms. The summed E-state index contributed by atoms with van der Waals surface area (Å²) in [5, 5.41) is 28.7. The molecule has 0 radical (unpaired) electrons. The van der Waals surface area contributed by atoms with Gasteiger partial charge in [-0.3, -0.25) is 9.59 Å². The van der Waals surface area contributed by atoms with Gasteiger partial charge < -0.3 is 15.3 Å². The predicted octanol–water partition coefficient (Wildman–Crippen LogP) is 4.77. The third kappa shape index (κ3) is 6.04. The number of carboxylic acids is 2. The lowest BCUT2D eigenvalue weighted by Gasteiger charge is -2.32. The fourth-order valence-electron chi connectivity index (χ4n) is 3.44. The molecule has 0 aliphatic carbocycles. The zero-order chi connectivity index (χ0) is 20.1. The van der Waals surface area contributed by atoms with Gasteiger partial charge in [0.1, 0.15) is 5.75 Å². The van der Waals surface area contributed by atoms with Crippen molar-refractivity contribution in [1.82, 2.24) is 0 Å². The Labute approximate surface area is 156 Å². The number of phenols is 1. The highest BCUT2D eigenvalue weighted by atomic mass is 16.4. The van der Waals surface area contributed by atoms with E-state index in [0.29, 0.717) is 25.7 Å². The molecule has 0 atom stereocenters. The number of hydrogen-bond donors (Lipinski definition) is 3. The Kier molecular flexibility index (Phi) is 7.25. The second-order valence-corrected chi connectivity index (χ2v) is 8.47. The molecule has 0 aliphatic heterocycles. The normalized spacial score (nSPS) is 12.2. The van der Waals surface area contributed by atoms with Gasteiger partial charge in [0.25, 0.3) is 0 Å². The molecule has 0 heterocycles. The molecule has 0 aliphatic rings. The summed E-state index contributed by atoms with van der Waals surface area (Å²) >= 11 is 0. The topological polar surface area (TPSA) is 94.8 Å². The molecular weight excluding hydrogens is 332 g/mol. The summed E-state index contributed by atoms with van der Waals surface area (Å²) in [6.07, 6.45) is 2.65. The summed E-state index contributed by atoms with van der Waals surface area (Å²) in [5.41, 5.74) is 1.98. The van der Waals surface area contributed by atoms with Crippen LogP contribution in [0.3, 0.4) is 0 Å². The van der Waals surface area contributed by atoms with Gasteiger partial charge in [0, 0.05) is 24.0 Å². The van der Waals surface area contributed by atoms with Crippen molar-refractivity contribution in [3.63, 3.8) is 0 Å². The van der Waals surface area contributed by atoms with Crippen molar-refractivity contribution in [3.05, 3.63) is 28.8 Å². The van der Waals surface area contributed by atoms with Crippen LogP contribution in [0, 0.1) is 6.92 Å². The first-order valence-electron chi connectivity index (χ1n) is 9.15. The number of aromatic hydroxyl groups is 1. The van der Waals surface area contributed by atoms with Crippen molar-refractivity contribution in [2.24, 2.45) is 0 Å². The van der Waals surface area contributed by atoms with Crippen LogP contribution < -0.4 is 0 Å². The predicted molar refractivity (Wildman–Crippen MR) is 102 cm³/mol. The highest BCUT2D eigenvalue weighted by Crippen LogP contribution is 2.43. The van der Waals surface area contributed by atoms with Crippen LogP contribution in [0.1, 0.15) is 82.9 Å². The minimum atomic E-state index is -0.811. The van der Waals surface area contributed by atoms with Crippen LogP contribution >= 0.6 is 0 Å². The minimum Gasteiger partial charge on any atom is -0.507 e. The molecule has 1 aromatic carbocycles. The van der Waals surface area contributed by atoms with E-state index in [9.17, 15) is 14.7 Å². The average molecular weight is 364 g/mol. The molecule has 0 aromatic heterocycles.